The van der Waals surface area contributed by atoms with Crippen LogP contribution >= 0.6 is 0 Å². The number of likely N-dealkylation sites (N-methyl/N-ethyl adjacent to an activating group) is 1. The minimum Gasteiger partial charge on any atom is -0.473 e. The zero-order valence-electron chi connectivity index (χ0n) is 19.3. The molecule has 3 aromatic heterocycles. The van der Waals surface area contributed by atoms with E-state index in [1.165, 1.54) is 4.79 Å². The van der Waals surface area contributed by atoms with E-state index < -0.39 is 0 Å². The summed E-state index contributed by atoms with van der Waals surface area (Å²) in [5.74, 6) is 9.77. The lowest BCUT2D eigenvalue weighted by atomic mass is 10.1. The number of aromatic nitrogens is 5. The molecule has 0 radical (unpaired) electrons. The molecule has 1 aliphatic heterocycles. The highest BCUT2D eigenvalue weighted by molar-refractivity contribution is 5.56. The number of nitrogens with two attached hydrogens (primary N) is 1. The first-order valence-corrected chi connectivity index (χ1v) is 11.5. The summed E-state index contributed by atoms with van der Waals surface area (Å²) in [5, 5.41) is 15.0. The molecule has 1 saturated heterocycles. The number of nitrogen functional groups attached to an aromatic ring is 1. The first-order chi connectivity index (χ1) is 15.9. The number of rotatable bonds is 9. The van der Waals surface area contributed by atoms with Crippen molar-refractivity contribution >= 4 is 17.6 Å². The van der Waals surface area contributed by atoms with Gasteiger partial charge in [0.25, 0.3) is 0 Å². The highest BCUT2D eigenvalue weighted by Gasteiger charge is 2.27. The molecule has 0 amide bonds. The summed E-state index contributed by atoms with van der Waals surface area (Å²) in [6, 6.07) is 5.71. The van der Waals surface area contributed by atoms with Crippen LogP contribution in [0.3, 0.4) is 0 Å². The van der Waals surface area contributed by atoms with Gasteiger partial charge < -0.3 is 30.6 Å². The molecule has 176 valence electrons. The summed E-state index contributed by atoms with van der Waals surface area (Å²) in [6.07, 6.45) is 3.37. The maximum absolute atomic E-state index is 6.17. The second kappa shape index (κ2) is 8.89. The Kier molecular flexibility index (Phi) is 5.79. The summed E-state index contributed by atoms with van der Waals surface area (Å²) in [6.45, 7) is 6.44. The van der Waals surface area contributed by atoms with E-state index in [2.05, 4.69) is 56.7 Å². The Morgan fingerprint density at radius 1 is 1.21 bits per heavy atom. The van der Waals surface area contributed by atoms with Gasteiger partial charge in [0.1, 0.15) is 11.9 Å². The standard InChI is InChI=1S/C22H31N9O2/c1-13(2)17-8-16(33-29-17)11-24-22-26-19(10-21(27-22)32-15-6-7-30(3)12-15)25-20-9-18(14-4-5-14)28-31(20)23/h8-10,13-15H,4-7,11-12,23H2,1-3H3,(H2,24,25,26,27). The van der Waals surface area contributed by atoms with Gasteiger partial charge in [-0.05, 0) is 32.2 Å². The van der Waals surface area contributed by atoms with Gasteiger partial charge in [0.15, 0.2) is 11.6 Å². The number of nitrogens with one attached hydrogen (secondary N) is 2. The van der Waals surface area contributed by atoms with E-state index in [1.54, 1.807) is 6.07 Å². The molecule has 1 aliphatic carbocycles. The number of ether oxygens (including phenoxy) is 1. The Bertz CT molecular complexity index is 1110. The van der Waals surface area contributed by atoms with Crippen LogP contribution in [-0.4, -0.2) is 56.2 Å². The topological polar surface area (TPSA) is 132 Å². The smallest absolute Gasteiger partial charge is 0.228 e. The molecule has 2 fully saturated rings. The van der Waals surface area contributed by atoms with Crippen LogP contribution in [0.1, 0.15) is 62.1 Å². The van der Waals surface area contributed by atoms with Gasteiger partial charge in [-0.1, -0.05) is 19.0 Å². The molecule has 1 saturated carbocycles. The van der Waals surface area contributed by atoms with Gasteiger partial charge in [-0.25, -0.2) is 0 Å². The van der Waals surface area contributed by atoms with Crippen molar-refractivity contribution in [2.45, 2.75) is 57.6 Å². The van der Waals surface area contributed by atoms with E-state index in [0.717, 1.165) is 49.5 Å². The molecular formula is C22H31N9O2. The van der Waals surface area contributed by atoms with Crippen LogP contribution in [0.2, 0.25) is 0 Å². The van der Waals surface area contributed by atoms with Crippen molar-refractivity contribution in [2.24, 2.45) is 0 Å². The molecule has 1 unspecified atom stereocenters. The molecule has 4 heterocycles. The van der Waals surface area contributed by atoms with Gasteiger partial charge >= 0.3 is 0 Å². The molecule has 1 atom stereocenters. The molecule has 3 aromatic rings. The van der Waals surface area contributed by atoms with Crippen LogP contribution in [0, 0.1) is 0 Å². The SMILES string of the molecule is CC(C)c1cc(CNc2nc(Nc3cc(C4CC4)nn3N)cc(OC3CCN(C)C3)n2)on1. The third-order valence-electron chi connectivity index (χ3n) is 5.93. The van der Waals surface area contributed by atoms with E-state index in [4.69, 9.17) is 15.1 Å². The van der Waals surface area contributed by atoms with Crippen molar-refractivity contribution in [1.29, 1.82) is 0 Å². The van der Waals surface area contributed by atoms with E-state index in [-0.39, 0.29) is 6.10 Å². The van der Waals surface area contributed by atoms with Crippen molar-refractivity contribution in [2.75, 3.05) is 36.6 Å². The summed E-state index contributed by atoms with van der Waals surface area (Å²) < 4.78 is 11.6. The summed E-state index contributed by atoms with van der Waals surface area (Å²) >= 11 is 0. The molecule has 11 heteroatoms. The van der Waals surface area contributed by atoms with Crippen molar-refractivity contribution in [1.82, 2.24) is 29.9 Å². The highest BCUT2D eigenvalue weighted by atomic mass is 16.5. The average molecular weight is 454 g/mol. The number of anilines is 3. The van der Waals surface area contributed by atoms with Crippen LogP contribution in [0.5, 0.6) is 5.88 Å². The van der Waals surface area contributed by atoms with Gasteiger partial charge in [0.05, 0.1) is 17.9 Å². The van der Waals surface area contributed by atoms with Crippen molar-refractivity contribution in [3.8, 4) is 5.88 Å². The molecule has 11 nitrogen and oxygen atoms in total. The Hall–Kier alpha value is -3.34. The summed E-state index contributed by atoms with van der Waals surface area (Å²) in [7, 11) is 2.09. The highest BCUT2D eigenvalue weighted by Crippen LogP contribution is 2.40. The quantitative estimate of drug-likeness (QED) is 0.415. The van der Waals surface area contributed by atoms with Crippen LogP contribution in [0.15, 0.2) is 22.7 Å². The lowest BCUT2D eigenvalue weighted by Crippen LogP contribution is -2.22. The normalized spacial score (nSPS) is 18.7. The fraction of sp³-hybridized carbons (Fsp3) is 0.545. The molecule has 5 rings (SSSR count). The Morgan fingerprint density at radius 3 is 2.76 bits per heavy atom. The van der Waals surface area contributed by atoms with Gasteiger partial charge in [-0.2, -0.15) is 19.9 Å². The number of hydrogen-bond acceptors (Lipinski definition) is 10. The fourth-order valence-corrected chi connectivity index (χ4v) is 3.86. The number of nitrogens with zero attached hydrogens (tertiary/aromatic N) is 6. The molecule has 0 spiro atoms. The van der Waals surface area contributed by atoms with Crippen LogP contribution in [0.25, 0.3) is 0 Å². The van der Waals surface area contributed by atoms with Crippen LogP contribution < -0.4 is 21.2 Å². The lowest BCUT2D eigenvalue weighted by molar-refractivity contribution is 0.200. The van der Waals surface area contributed by atoms with Crippen molar-refractivity contribution in [3.63, 3.8) is 0 Å². The Balaban J connectivity index is 1.35. The average Bonchev–Trinajstić information content (AvgIpc) is 3.18. The molecule has 0 bridgehead atoms. The molecule has 0 aromatic carbocycles. The second-order valence-corrected chi connectivity index (χ2v) is 9.23. The maximum atomic E-state index is 6.17. The van der Waals surface area contributed by atoms with Gasteiger partial charge in [-0.3, -0.25) is 0 Å². The number of likely N-dealkylation sites (tertiary alicyclic amines) is 1. The minimum atomic E-state index is 0.0926. The predicted octanol–water partition coefficient (Wildman–Crippen LogP) is 2.81. The Morgan fingerprint density at radius 2 is 2.06 bits per heavy atom. The van der Waals surface area contributed by atoms with Gasteiger partial charge in [-0.15, -0.1) is 0 Å². The Labute approximate surface area is 192 Å². The lowest BCUT2D eigenvalue weighted by Gasteiger charge is -2.15. The minimum absolute atomic E-state index is 0.0926. The summed E-state index contributed by atoms with van der Waals surface area (Å²) in [4.78, 5) is 12.8. The predicted molar refractivity (Wildman–Crippen MR) is 124 cm³/mol. The molecule has 33 heavy (non-hydrogen) atoms. The molecule has 2 aliphatic rings. The zero-order valence-corrected chi connectivity index (χ0v) is 19.3. The second-order valence-electron chi connectivity index (χ2n) is 9.23. The van der Waals surface area contributed by atoms with Gasteiger partial charge in [0, 0.05) is 37.2 Å². The van der Waals surface area contributed by atoms with Crippen LogP contribution in [0.4, 0.5) is 17.6 Å². The summed E-state index contributed by atoms with van der Waals surface area (Å²) in [5.41, 5.74) is 1.92. The monoisotopic (exact) mass is 453 g/mol. The van der Waals surface area contributed by atoms with Crippen molar-refractivity contribution < 1.29 is 9.26 Å². The molecular weight excluding hydrogens is 422 g/mol. The van der Waals surface area contributed by atoms with Crippen molar-refractivity contribution in [3.05, 3.63) is 35.3 Å². The first-order valence-electron chi connectivity index (χ1n) is 11.5. The largest absolute Gasteiger partial charge is 0.473 e. The maximum Gasteiger partial charge on any atom is 0.228 e. The first kappa shape index (κ1) is 21.5. The third-order valence-corrected chi connectivity index (χ3v) is 5.93. The van der Waals surface area contributed by atoms with E-state index in [9.17, 15) is 0 Å². The number of hydrogen-bond donors (Lipinski definition) is 3. The van der Waals surface area contributed by atoms with Gasteiger partial charge in [0.2, 0.25) is 11.8 Å². The third kappa shape index (κ3) is 5.19. The van der Waals surface area contributed by atoms with E-state index in [0.29, 0.717) is 41.8 Å². The van der Waals surface area contributed by atoms with E-state index in [1.807, 2.05) is 12.1 Å². The van der Waals surface area contributed by atoms with E-state index >= 15 is 0 Å². The van der Waals surface area contributed by atoms with Crippen LogP contribution in [-0.2, 0) is 6.54 Å². The fourth-order valence-electron chi connectivity index (χ4n) is 3.86. The molecule has 4 N–H and O–H groups in total. The zero-order chi connectivity index (χ0) is 22.9.